The van der Waals surface area contributed by atoms with Gasteiger partial charge in [-0.2, -0.15) is 21.6 Å². The van der Waals surface area contributed by atoms with Crippen LogP contribution in [-0.2, 0) is 26.3 Å². The van der Waals surface area contributed by atoms with E-state index in [-0.39, 0.29) is 35.8 Å². The number of benzene rings is 2. The molecule has 1 unspecified atom stereocenters. The van der Waals surface area contributed by atoms with Gasteiger partial charge in [-0.3, -0.25) is 4.79 Å². The number of ether oxygens (including phenoxy) is 2. The third kappa shape index (κ3) is 7.57. The van der Waals surface area contributed by atoms with Crippen LogP contribution in [0.4, 0.5) is 22.0 Å². The maximum Gasteiger partial charge on any atom is 0.534 e. The molecule has 6 nitrogen and oxygen atoms in total. The van der Waals surface area contributed by atoms with Crippen LogP contribution in [0.15, 0.2) is 36.4 Å². The lowest BCUT2D eigenvalue weighted by atomic mass is 9.90. The van der Waals surface area contributed by atoms with Crippen molar-refractivity contribution in [2.24, 2.45) is 5.92 Å². The Hall–Kier alpha value is -2.89. The van der Waals surface area contributed by atoms with E-state index in [1.165, 1.54) is 6.07 Å². The van der Waals surface area contributed by atoms with Crippen molar-refractivity contribution in [2.45, 2.75) is 45.2 Å². The first-order valence-electron chi connectivity index (χ1n) is 10.1. The summed E-state index contributed by atoms with van der Waals surface area (Å²) in [6.45, 7) is 4.82. The highest BCUT2D eigenvalue weighted by molar-refractivity contribution is 7.88. The summed E-state index contributed by atoms with van der Waals surface area (Å²) in [4.78, 5) is 12.5. The molecule has 0 aromatic heterocycles. The minimum Gasteiger partial charge on any atom is -0.489 e. The van der Waals surface area contributed by atoms with Gasteiger partial charge in [-0.1, -0.05) is 13.8 Å². The average Bonchev–Trinajstić information content (AvgIpc) is 2.68. The van der Waals surface area contributed by atoms with Crippen LogP contribution >= 0.6 is 0 Å². The Bertz CT molecular complexity index is 1100. The fourth-order valence-electron chi connectivity index (χ4n) is 3.04. The van der Waals surface area contributed by atoms with Crippen molar-refractivity contribution < 1.29 is 48.8 Å². The van der Waals surface area contributed by atoms with Crippen LogP contribution < -0.4 is 8.92 Å². The minimum atomic E-state index is -6.01. The van der Waals surface area contributed by atoms with Gasteiger partial charge in [-0.25, -0.2) is 8.78 Å². The van der Waals surface area contributed by atoms with Gasteiger partial charge in [0.05, 0.1) is 12.5 Å². The van der Waals surface area contributed by atoms with Crippen LogP contribution in [0.25, 0.3) is 0 Å². The summed E-state index contributed by atoms with van der Waals surface area (Å²) in [6.07, 6.45) is 0.225. The smallest absolute Gasteiger partial charge is 0.489 e. The van der Waals surface area contributed by atoms with Gasteiger partial charge in [-0.15, -0.1) is 0 Å². The highest BCUT2D eigenvalue weighted by atomic mass is 32.2. The molecule has 1 atom stereocenters. The third-order valence-corrected chi connectivity index (χ3v) is 5.38. The van der Waals surface area contributed by atoms with Gasteiger partial charge in [0.25, 0.3) is 0 Å². The molecule has 0 saturated heterocycles. The van der Waals surface area contributed by atoms with E-state index in [2.05, 4.69) is 4.18 Å². The monoisotopic (exact) mass is 510 g/mol. The van der Waals surface area contributed by atoms with Gasteiger partial charge in [-0.05, 0) is 54.7 Å². The quantitative estimate of drug-likeness (QED) is 0.183. The Balaban J connectivity index is 2.49. The number of halogens is 5. The Labute approximate surface area is 193 Å². The number of alkyl halides is 3. The van der Waals surface area contributed by atoms with Crippen LogP contribution in [0.1, 0.15) is 44.2 Å². The summed E-state index contributed by atoms with van der Waals surface area (Å²) in [5.74, 6) is -4.37. The molecule has 0 N–H and O–H groups in total. The molecule has 34 heavy (non-hydrogen) atoms. The van der Waals surface area contributed by atoms with Crippen molar-refractivity contribution in [1.29, 1.82) is 0 Å². The number of rotatable bonds is 10. The molecule has 0 aliphatic heterocycles. The molecular formula is C22H23F5O6S. The maximum atomic E-state index is 13.4. The normalized spacial score (nSPS) is 13.0. The van der Waals surface area contributed by atoms with Crippen molar-refractivity contribution in [3.63, 3.8) is 0 Å². The molecule has 0 saturated carbocycles. The van der Waals surface area contributed by atoms with Gasteiger partial charge in [0.15, 0.2) is 0 Å². The van der Waals surface area contributed by atoms with Gasteiger partial charge < -0.3 is 13.7 Å². The van der Waals surface area contributed by atoms with Gasteiger partial charge >= 0.3 is 21.6 Å². The zero-order valence-corrected chi connectivity index (χ0v) is 19.3. The molecule has 0 spiro atoms. The standard InChI is InChI=1S/C22H23F5O6S/c1-4-31-21(28)20(5-13(2)3)15-8-18(32-12-14-6-16(23)10-17(24)7-14)11-19(9-15)33-34(29,30)22(25,26)27/h6-11,13,20H,4-5,12H2,1-3H3. The van der Waals surface area contributed by atoms with Crippen molar-refractivity contribution in [3.8, 4) is 11.5 Å². The molecule has 0 aliphatic carbocycles. The zero-order chi connectivity index (χ0) is 25.7. The molecule has 0 aliphatic rings. The second-order valence-electron chi connectivity index (χ2n) is 7.72. The van der Waals surface area contributed by atoms with Crippen molar-refractivity contribution >= 4 is 16.1 Å². The molecular weight excluding hydrogens is 487 g/mol. The lowest BCUT2D eigenvalue weighted by Crippen LogP contribution is -2.28. The zero-order valence-electron chi connectivity index (χ0n) is 18.5. The predicted molar refractivity (Wildman–Crippen MR) is 112 cm³/mol. The summed E-state index contributed by atoms with van der Waals surface area (Å²) >= 11 is 0. The van der Waals surface area contributed by atoms with E-state index in [1.54, 1.807) is 20.8 Å². The molecule has 2 aromatic rings. The second-order valence-corrected chi connectivity index (χ2v) is 9.26. The number of carbonyl (C=O) groups is 1. The lowest BCUT2D eigenvalue weighted by molar-refractivity contribution is -0.145. The van der Waals surface area contributed by atoms with Gasteiger partial charge in [0, 0.05) is 12.1 Å². The molecule has 2 aromatic carbocycles. The Morgan fingerprint density at radius 1 is 0.971 bits per heavy atom. The topological polar surface area (TPSA) is 78.9 Å². The van der Waals surface area contributed by atoms with E-state index >= 15 is 0 Å². The third-order valence-electron chi connectivity index (χ3n) is 4.40. The summed E-state index contributed by atoms with van der Waals surface area (Å²) in [5.41, 5.74) is -5.54. The highest BCUT2D eigenvalue weighted by Crippen LogP contribution is 2.35. The molecule has 12 heteroatoms. The maximum absolute atomic E-state index is 13.4. The minimum absolute atomic E-state index is 0.0422. The van der Waals surface area contributed by atoms with Crippen LogP contribution in [0, 0.1) is 17.6 Å². The predicted octanol–water partition coefficient (Wildman–Crippen LogP) is 5.47. The Morgan fingerprint density at radius 2 is 1.56 bits per heavy atom. The molecule has 0 bridgehead atoms. The van der Waals surface area contributed by atoms with E-state index in [1.807, 2.05) is 0 Å². The summed E-state index contributed by atoms with van der Waals surface area (Å²) in [5, 5.41) is 0. The fraction of sp³-hybridized carbons (Fsp3) is 0.409. The van der Waals surface area contributed by atoms with Crippen LogP contribution in [0.2, 0.25) is 0 Å². The molecule has 188 valence electrons. The highest BCUT2D eigenvalue weighted by Gasteiger charge is 2.48. The fourth-order valence-corrected chi connectivity index (χ4v) is 3.49. The number of hydrogen-bond acceptors (Lipinski definition) is 6. The number of carbonyl (C=O) groups excluding carboxylic acids is 1. The molecule has 0 radical (unpaired) electrons. The summed E-state index contributed by atoms with van der Waals surface area (Å²) < 4.78 is 103. The molecule has 2 rings (SSSR count). The number of esters is 1. The Morgan fingerprint density at radius 3 is 2.09 bits per heavy atom. The van der Waals surface area contributed by atoms with E-state index in [4.69, 9.17) is 9.47 Å². The lowest BCUT2D eigenvalue weighted by Gasteiger charge is -2.20. The van der Waals surface area contributed by atoms with E-state index in [0.29, 0.717) is 6.07 Å². The second kappa shape index (κ2) is 11.0. The van der Waals surface area contributed by atoms with E-state index in [9.17, 15) is 35.2 Å². The largest absolute Gasteiger partial charge is 0.534 e. The Kier molecular flexibility index (Phi) is 8.87. The SMILES string of the molecule is CCOC(=O)C(CC(C)C)c1cc(OCc2cc(F)cc(F)c2)cc(OS(=O)(=O)C(F)(F)F)c1. The van der Waals surface area contributed by atoms with Crippen molar-refractivity contribution in [2.75, 3.05) is 6.61 Å². The first kappa shape index (κ1) is 27.4. The van der Waals surface area contributed by atoms with Crippen molar-refractivity contribution in [3.05, 3.63) is 59.2 Å². The molecule has 0 heterocycles. The first-order valence-corrected chi connectivity index (χ1v) is 11.5. The van der Waals surface area contributed by atoms with Crippen LogP contribution in [0.3, 0.4) is 0 Å². The van der Waals surface area contributed by atoms with Crippen molar-refractivity contribution in [1.82, 2.24) is 0 Å². The number of hydrogen-bond donors (Lipinski definition) is 0. The van der Waals surface area contributed by atoms with Gasteiger partial charge in [0.1, 0.15) is 29.7 Å². The average molecular weight is 510 g/mol. The summed E-state index contributed by atoms with van der Waals surface area (Å²) in [7, 11) is -6.01. The summed E-state index contributed by atoms with van der Waals surface area (Å²) in [6, 6.07) is 5.75. The van der Waals surface area contributed by atoms with Crippen LogP contribution in [-0.4, -0.2) is 26.5 Å². The van der Waals surface area contributed by atoms with Gasteiger partial charge in [0.2, 0.25) is 0 Å². The molecule has 0 fully saturated rings. The van der Waals surface area contributed by atoms with Crippen LogP contribution in [0.5, 0.6) is 11.5 Å². The van der Waals surface area contributed by atoms with E-state index in [0.717, 1.165) is 24.3 Å². The van der Waals surface area contributed by atoms with E-state index < -0.39 is 51.5 Å². The molecule has 0 amide bonds. The first-order chi connectivity index (χ1) is 15.7.